The molecule has 1 fully saturated rings. The Balaban J connectivity index is 1.95. The number of hydrogen-bond acceptors (Lipinski definition) is 4. The molecule has 1 aliphatic rings. The van der Waals surface area contributed by atoms with Crippen LogP contribution in [0, 0.1) is 5.92 Å². The zero-order valence-electron chi connectivity index (χ0n) is 16.3. The van der Waals surface area contributed by atoms with Gasteiger partial charge in [-0.25, -0.2) is 0 Å². The van der Waals surface area contributed by atoms with Crippen molar-refractivity contribution < 1.29 is 14.6 Å². The summed E-state index contributed by atoms with van der Waals surface area (Å²) in [6, 6.07) is 16.7. The minimum Gasteiger partial charge on any atom is -0.496 e. The van der Waals surface area contributed by atoms with E-state index in [9.17, 15) is 9.90 Å². The highest BCUT2D eigenvalue weighted by molar-refractivity contribution is 5.70. The second-order valence-electron chi connectivity index (χ2n) is 7.28. The summed E-state index contributed by atoms with van der Waals surface area (Å²) in [5.74, 6) is -0.0611. The molecule has 2 aromatic rings. The summed E-state index contributed by atoms with van der Waals surface area (Å²) in [7, 11) is 5.76. The second kappa shape index (κ2) is 8.44. The summed E-state index contributed by atoms with van der Waals surface area (Å²) in [5, 5.41) is 9.32. The van der Waals surface area contributed by atoms with Crippen LogP contribution >= 0.6 is 0 Å². The Labute approximate surface area is 161 Å². The summed E-state index contributed by atoms with van der Waals surface area (Å²) >= 11 is 0. The van der Waals surface area contributed by atoms with Crippen LogP contribution in [-0.4, -0.2) is 50.3 Å². The van der Waals surface area contributed by atoms with Crippen molar-refractivity contribution >= 4 is 11.7 Å². The molecular formula is C22H28N2O3. The maximum absolute atomic E-state index is 11.3. The smallest absolute Gasteiger partial charge is 0.306 e. The summed E-state index contributed by atoms with van der Waals surface area (Å²) in [6.45, 7) is 1.52. The van der Waals surface area contributed by atoms with Gasteiger partial charge in [-0.3, -0.25) is 9.69 Å². The number of piperidine rings is 1. The summed E-state index contributed by atoms with van der Waals surface area (Å²) < 4.78 is 5.63. The first kappa shape index (κ1) is 19.2. The minimum absolute atomic E-state index is 0.0482. The van der Waals surface area contributed by atoms with Gasteiger partial charge < -0.3 is 14.7 Å². The fourth-order valence-electron chi connectivity index (χ4n) is 3.84. The average Bonchev–Trinajstić information content (AvgIpc) is 2.69. The van der Waals surface area contributed by atoms with Gasteiger partial charge in [0.15, 0.2) is 0 Å². The Morgan fingerprint density at radius 2 is 1.74 bits per heavy atom. The summed E-state index contributed by atoms with van der Waals surface area (Å²) in [6.07, 6.45) is 1.35. The second-order valence-corrected chi connectivity index (χ2v) is 7.28. The van der Waals surface area contributed by atoms with Gasteiger partial charge in [-0.15, -0.1) is 0 Å². The van der Waals surface area contributed by atoms with Crippen molar-refractivity contribution in [2.45, 2.75) is 18.9 Å². The number of anilines is 1. The molecule has 0 spiro atoms. The van der Waals surface area contributed by atoms with Crippen molar-refractivity contribution in [1.82, 2.24) is 4.90 Å². The lowest BCUT2D eigenvalue weighted by Crippen LogP contribution is -2.39. The van der Waals surface area contributed by atoms with Crippen molar-refractivity contribution in [3.05, 3.63) is 59.7 Å². The zero-order chi connectivity index (χ0) is 19.4. The molecule has 1 unspecified atom stereocenters. The summed E-state index contributed by atoms with van der Waals surface area (Å²) in [5.41, 5.74) is 3.47. The molecule has 27 heavy (non-hydrogen) atoms. The van der Waals surface area contributed by atoms with E-state index in [2.05, 4.69) is 40.1 Å². The maximum Gasteiger partial charge on any atom is 0.306 e. The van der Waals surface area contributed by atoms with Gasteiger partial charge in [0, 0.05) is 25.3 Å². The average molecular weight is 368 g/mol. The van der Waals surface area contributed by atoms with Crippen molar-refractivity contribution in [2.75, 3.05) is 39.2 Å². The molecule has 0 amide bonds. The van der Waals surface area contributed by atoms with Crippen LogP contribution in [0.4, 0.5) is 5.69 Å². The Bertz CT molecular complexity index is 765. The number of methoxy groups -OCH3 is 1. The van der Waals surface area contributed by atoms with Gasteiger partial charge in [0.05, 0.1) is 19.1 Å². The van der Waals surface area contributed by atoms with Crippen LogP contribution in [0.3, 0.4) is 0 Å². The number of likely N-dealkylation sites (tertiary alicyclic amines) is 1. The van der Waals surface area contributed by atoms with E-state index in [1.807, 2.05) is 32.3 Å². The number of carboxylic acids is 1. The van der Waals surface area contributed by atoms with Crippen LogP contribution in [0.15, 0.2) is 48.5 Å². The first-order valence-corrected chi connectivity index (χ1v) is 9.38. The molecule has 3 rings (SSSR count). The molecule has 1 atom stereocenters. The molecule has 0 radical (unpaired) electrons. The van der Waals surface area contributed by atoms with Crippen molar-refractivity contribution in [2.24, 2.45) is 5.92 Å². The van der Waals surface area contributed by atoms with Gasteiger partial charge in [0.2, 0.25) is 0 Å². The predicted octanol–water partition coefficient (Wildman–Crippen LogP) is 3.65. The molecule has 1 heterocycles. The molecule has 0 saturated carbocycles. The van der Waals surface area contributed by atoms with E-state index < -0.39 is 5.97 Å². The van der Waals surface area contributed by atoms with E-state index in [1.54, 1.807) is 7.11 Å². The van der Waals surface area contributed by atoms with E-state index in [1.165, 1.54) is 5.56 Å². The zero-order valence-corrected chi connectivity index (χ0v) is 16.3. The highest BCUT2D eigenvalue weighted by atomic mass is 16.5. The molecular weight excluding hydrogens is 340 g/mol. The largest absolute Gasteiger partial charge is 0.496 e. The highest BCUT2D eigenvalue weighted by Gasteiger charge is 2.31. The van der Waals surface area contributed by atoms with E-state index in [0.29, 0.717) is 12.8 Å². The maximum atomic E-state index is 11.3. The number of nitrogens with zero attached hydrogens (tertiary/aromatic N) is 2. The lowest BCUT2D eigenvalue weighted by atomic mass is 9.91. The topological polar surface area (TPSA) is 53.0 Å². The molecule has 5 heteroatoms. The first-order chi connectivity index (χ1) is 13.0. The van der Waals surface area contributed by atoms with Gasteiger partial charge >= 0.3 is 5.97 Å². The van der Waals surface area contributed by atoms with Gasteiger partial charge in [-0.2, -0.15) is 0 Å². The third-order valence-corrected chi connectivity index (χ3v) is 5.40. The quantitative estimate of drug-likeness (QED) is 0.843. The van der Waals surface area contributed by atoms with Crippen molar-refractivity contribution in [3.8, 4) is 5.75 Å². The van der Waals surface area contributed by atoms with Crippen molar-refractivity contribution in [3.63, 3.8) is 0 Å². The van der Waals surface area contributed by atoms with Crippen molar-refractivity contribution in [1.29, 1.82) is 0 Å². The van der Waals surface area contributed by atoms with Gasteiger partial charge in [0.25, 0.3) is 0 Å². The molecule has 0 bridgehead atoms. The van der Waals surface area contributed by atoms with Crippen LogP contribution < -0.4 is 9.64 Å². The van der Waals surface area contributed by atoms with E-state index in [4.69, 9.17) is 4.74 Å². The number of benzene rings is 2. The number of ether oxygens (including phenoxy) is 1. The SMILES string of the molecule is COc1ccccc1C(c1ccc(N(C)C)cc1)N1CCC(C(=O)O)CC1. The number of hydrogen-bond donors (Lipinski definition) is 1. The summed E-state index contributed by atoms with van der Waals surface area (Å²) in [4.78, 5) is 15.8. The van der Waals surface area contributed by atoms with Gasteiger partial charge in [0.1, 0.15) is 5.75 Å². The lowest BCUT2D eigenvalue weighted by molar-refractivity contribution is -0.143. The molecule has 5 nitrogen and oxygen atoms in total. The van der Waals surface area contributed by atoms with Crippen LogP contribution in [0.2, 0.25) is 0 Å². The number of aliphatic carboxylic acids is 1. The Morgan fingerprint density at radius 3 is 2.30 bits per heavy atom. The molecule has 0 aromatic heterocycles. The predicted molar refractivity (Wildman–Crippen MR) is 108 cm³/mol. The fourth-order valence-corrected chi connectivity index (χ4v) is 3.84. The molecule has 1 aliphatic heterocycles. The van der Waals surface area contributed by atoms with E-state index >= 15 is 0 Å². The van der Waals surface area contributed by atoms with Gasteiger partial charge in [-0.1, -0.05) is 30.3 Å². The van der Waals surface area contributed by atoms with Crippen LogP contribution in [-0.2, 0) is 4.79 Å². The Hall–Kier alpha value is -2.53. The standard InChI is InChI=1S/C22H28N2O3/c1-23(2)18-10-8-16(9-11-18)21(19-6-4-5-7-20(19)27-3)24-14-12-17(13-15-24)22(25)26/h4-11,17,21H,12-15H2,1-3H3,(H,25,26). The molecule has 144 valence electrons. The minimum atomic E-state index is -0.682. The number of carbonyl (C=O) groups is 1. The third kappa shape index (κ3) is 4.25. The van der Waals surface area contributed by atoms with Crippen LogP contribution in [0.25, 0.3) is 0 Å². The van der Waals surface area contributed by atoms with Crippen LogP contribution in [0.5, 0.6) is 5.75 Å². The molecule has 1 saturated heterocycles. The fraction of sp³-hybridized carbons (Fsp3) is 0.409. The van der Waals surface area contributed by atoms with E-state index in [-0.39, 0.29) is 12.0 Å². The first-order valence-electron chi connectivity index (χ1n) is 9.38. The highest BCUT2D eigenvalue weighted by Crippen LogP contribution is 2.37. The normalized spacial score (nSPS) is 16.7. The lowest BCUT2D eigenvalue weighted by Gasteiger charge is -2.37. The Morgan fingerprint density at radius 1 is 1.11 bits per heavy atom. The van der Waals surface area contributed by atoms with Gasteiger partial charge in [-0.05, 0) is 49.7 Å². The number of rotatable bonds is 6. The molecule has 2 aromatic carbocycles. The monoisotopic (exact) mass is 368 g/mol. The Kier molecular flexibility index (Phi) is 6.01. The third-order valence-electron chi connectivity index (χ3n) is 5.40. The van der Waals surface area contributed by atoms with Crippen LogP contribution in [0.1, 0.15) is 30.0 Å². The number of carboxylic acid groups (broad SMARTS) is 1. The molecule has 0 aliphatic carbocycles. The number of para-hydroxylation sites is 1. The van der Waals surface area contributed by atoms with E-state index in [0.717, 1.165) is 30.1 Å². The molecule has 1 N–H and O–H groups in total.